The fourth-order valence-corrected chi connectivity index (χ4v) is 3.47. The van der Waals surface area contributed by atoms with Gasteiger partial charge in [-0.15, -0.1) is 0 Å². The second kappa shape index (κ2) is 7.09. The molecule has 0 unspecified atom stereocenters. The van der Waals surface area contributed by atoms with E-state index < -0.39 is 11.5 Å². The Kier molecular flexibility index (Phi) is 4.88. The van der Waals surface area contributed by atoms with E-state index in [1.54, 1.807) is 4.68 Å². The average molecular weight is 341 g/mol. The van der Waals surface area contributed by atoms with E-state index >= 15 is 0 Å². The molecule has 1 saturated carbocycles. The van der Waals surface area contributed by atoms with Crippen LogP contribution in [0.5, 0.6) is 0 Å². The van der Waals surface area contributed by atoms with Crippen molar-refractivity contribution in [2.45, 2.75) is 51.0 Å². The molecule has 6 heteroatoms. The van der Waals surface area contributed by atoms with Crippen LogP contribution in [0.1, 0.15) is 54.6 Å². The van der Waals surface area contributed by atoms with Crippen molar-refractivity contribution in [2.24, 2.45) is 0 Å². The van der Waals surface area contributed by atoms with E-state index in [1.165, 1.54) is 6.20 Å². The molecule has 0 saturated heterocycles. The molecule has 2 aromatic rings. The second-order valence-electron chi connectivity index (χ2n) is 6.65. The number of nitrogens with zero attached hydrogens (tertiary/aromatic N) is 2. The third-order valence-electron chi connectivity index (χ3n) is 4.97. The Hall–Kier alpha value is -2.63. The molecule has 1 amide bonds. The lowest BCUT2D eigenvalue weighted by Crippen LogP contribution is -2.54. The van der Waals surface area contributed by atoms with Gasteiger partial charge in [0.2, 0.25) is 0 Å². The summed E-state index contributed by atoms with van der Waals surface area (Å²) in [4.78, 5) is 24.6. The van der Waals surface area contributed by atoms with Crippen molar-refractivity contribution in [2.75, 3.05) is 0 Å². The molecule has 1 aliphatic rings. The molecule has 1 aromatic carbocycles. The number of carbonyl (C=O) groups is 2. The van der Waals surface area contributed by atoms with E-state index in [1.807, 2.05) is 37.3 Å². The van der Waals surface area contributed by atoms with Crippen LogP contribution in [0, 0.1) is 6.92 Å². The van der Waals surface area contributed by atoms with Gasteiger partial charge >= 0.3 is 5.97 Å². The number of hydrogen-bond donors (Lipinski definition) is 2. The molecule has 25 heavy (non-hydrogen) atoms. The van der Waals surface area contributed by atoms with Crippen LogP contribution in [0.15, 0.2) is 36.5 Å². The van der Waals surface area contributed by atoms with Gasteiger partial charge in [0.25, 0.3) is 5.91 Å². The van der Waals surface area contributed by atoms with Gasteiger partial charge in [0.15, 0.2) is 0 Å². The van der Waals surface area contributed by atoms with Gasteiger partial charge in [-0.1, -0.05) is 43.9 Å². The standard InChI is InChI=1S/C19H23N3O3/c1-14-16(13-20-22(14)15-9-5-4-6-10-15)17(23)21-19(18(24)25)11-7-2-3-8-12-19/h4-6,9-10,13H,2-3,7-8,11-12H2,1H3,(H,21,23)(H,24,25). The highest BCUT2D eigenvalue weighted by Crippen LogP contribution is 2.28. The van der Waals surface area contributed by atoms with Crippen LogP contribution in [0.2, 0.25) is 0 Å². The van der Waals surface area contributed by atoms with Crippen LogP contribution >= 0.6 is 0 Å². The van der Waals surface area contributed by atoms with E-state index in [0.29, 0.717) is 24.1 Å². The van der Waals surface area contributed by atoms with Crippen molar-refractivity contribution < 1.29 is 14.7 Å². The molecule has 1 aliphatic carbocycles. The first-order valence-corrected chi connectivity index (χ1v) is 8.69. The molecule has 1 aromatic heterocycles. The van der Waals surface area contributed by atoms with E-state index in [-0.39, 0.29) is 5.91 Å². The number of carboxylic acids is 1. The minimum atomic E-state index is -1.17. The number of carboxylic acid groups (broad SMARTS) is 1. The summed E-state index contributed by atoms with van der Waals surface area (Å²) in [5, 5.41) is 16.8. The third kappa shape index (κ3) is 3.43. The van der Waals surface area contributed by atoms with Gasteiger partial charge in [-0.05, 0) is 31.9 Å². The Labute approximate surface area is 146 Å². The summed E-state index contributed by atoms with van der Waals surface area (Å²) in [7, 11) is 0. The van der Waals surface area contributed by atoms with Gasteiger partial charge in [-0.25, -0.2) is 9.48 Å². The van der Waals surface area contributed by atoms with Gasteiger partial charge in [-0.2, -0.15) is 5.10 Å². The first kappa shape index (κ1) is 17.2. The predicted octanol–water partition coefficient (Wildman–Crippen LogP) is 3.09. The van der Waals surface area contributed by atoms with Crippen molar-refractivity contribution in [1.29, 1.82) is 0 Å². The Morgan fingerprint density at radius 2 is 1.76 bits per heavy atom. The van der Waals surface area contributed by atoms with Crippen molar-refractivity contribution >= 4 is 11.9 Å². The number of amides is 1. The number of aromatic nitrogens is 2. The summed E-state index contributed by atoms with van der Waals surface area (Å²) in [5.74, 6) is -1.32. The Morgan fingerprint density at radius 1 is 1.12 bits per heavy atom. The van der Waals surface area contributed by atoms with E-state index in [2.05, 4.69) is 10.4 Å². The average Bonchev–Trinajstić information content (AvgIpc) is 2.83. The maximum atomic E-state index is 12.8. The molecular formula is C19H23N3O3. The molecular weight excluding hydrogens is 318 g/mol. The lowest BCUT2D eigenvalue weighted by Gasteiger charge is -2.29. The molecule has 0 atom stereocenters. The van der Waals surface area contributed by atoms with E-state index in [0.717, 1.165) is 31.4 Å². The Bertz CT molecular complexity index is 759. The first-order valence-electron chi connectivity index (χ1n) is 8.69. The second-order valence-corrected chi connectivity index (χ2v) is 6.65. The van der Waals surface area contributed by atoms with Crippen LogP contribution in [0.4, 0.5) is 0 Å². The summed E-state index contributed by atoms with van der Waals surface area (Å²) in [6.07, 6.45) is 6.10. The van der Waals surface area contributed by atoms with Crippen molar-refractivity contribution in [3.05, 3.63) is 47.8 Å². The largest absolute Gasteiger partial charge is 0.480 e. The predicted molar refractivity (Wildman–Crippen MR) is 93.8 cm³/mol. The van der Waals surface area contributed by atoms with Crippen LogP contribution in [-0.2, 0) is 4.79 Å². The number of aliphatic carboxylic acids is 1. The minimum Gasteiger partial charge on any atom is -0.480 e. The molecule has 1 heterocycles. The highest BCUT2D eigenvalue weighted by molar-refractivity contribution is 5.98. The Morgan fingerprint density at radius 3 is 2.36 bits per heavy atom. The number of nitrogens with one attached hydrogen (secondary N) is 1. The van der Waals surface area contributed by atoms with E-state index in [4.69, 9.17) is 0 Å². The van der Waals surface area contributed by atoms with Gasteiger partial charge in [0.1, 0.15) is 5.54 Å². The van der Waals surface area contributed by atoms with E-state index in [9.17, 15) is 14.7 Å². The highest BCUT2D eigenvalue weighted by Gasteiger charge is 2.40. The number of para-hydroxylation sites is 1. The molecule has 1 fully saturated rings. The fourth-order valence-electron chi connectivity index (χ4n) is 3.47. The van der Waals surface area contributed by atoms with Crippen LogP contribution < -0.4 is 5.32 Å². The topological polar surface area (TPSA) is 84.2 Å². The van der Waals surface area contributed by atoms with Gasteiger partial charge in [0.05, 0.1) is 23.1 Å². The van der Waals surface area contributed by atoms with Crippen molar-refractivity contribution in [1.82, 2.24) is 15.1 Å². The maximum absolute atomic E-state index is 12.8. The molecule has 0 radical (unpaired) electrons. The molecule has 2 N–H and O–H groups in total. The van der Waals surface area contributed by atoms with Crippen LogP contribution in [0.3, 0.4) is 0 Å². The summed E-state index contributed by atoms with van der Waals surface area (Å²) >= 11 is 0. The fraction of sp³-hybridized carbons (Fsp3) is 0.421. The minimum absolute atomic E-state index is 0.371. The normalized spacial score (nSPS) is 16.8. The first-order chi connectivity index (χ1) is 12.0. The lowest BCUT2D eigenvalue weighted by atomic mass is 9.90. The van der Waals surface area contributed by atoms with Gasteiger partial charge in [0, 0.05) is 0 Å². The Balaban J connectivity index is 1.86. The molecule has 0 bridgehead atoms. The van der Waals surface area contributed by atoms with Gasteiger partial charge < -0.3 is 10.4 Å². The van der Waals surface area contributed by atoms with Crippen LogP contribution in [-0.4, -0.2) is 32.3 Å². The number of carbonyl (C=O) groups excluding carboxylic acids is 1. The number of hydrogen-bond acceptors (Lipinski definition) is 3. The third-order valence-corrected chi connectivity index (χ3v) is 4.97. The molecule has 0 spiro atoms. The number of rotatable bonds is 4. The van der Waals surface area contributed by atoms with Gasteiger partial charge in [-0.3, -0.25) is 4.79 Å². The highest BCUT2D eigenvalue weighted by atomic mass is 16.4. The lowest BCUT2D eigenvalue weighted by molar-refractivity contribution is -0.145. The SMILES string of the molecule is Cc1c(C(=O)NC2(C(=O)O)CCCCCC2)cnn1-c1ccccc1. The number of benzene rings is 1. The summed E-state index contributed by atoms with van der Waals surface area (Å²) < 4.78 is 1.69. The summed E-state index contributed by atoms with van der Waals surface area (Å²) in [6, 6.07) is 9.54. The zero-order valence-corrected chi connectivity index (χ0v) is 14.4. The summed E-state index contributed by atoms with van der Waals surface area (Å²) in [6.45, 7) is 1.81. The zero-order chi connectivity index (χ0) is 17.9. The van der Waals surface area contributed by atoms with Crippen molar-refractivity contribution in [3.8, 4) is 5.69 Å². The smallest absolute Gasteiger partial charge is 0.329 e. The molecule has 6 nitrogen and oxygen atoms in total. The molecule has 132 valence electrons. The molecule has 0 aliphatic heterocycles. The summed E-state index contributed by atoms with van der Waals surface area (Å²) in [5.41, 5.74) is 0.794. The quantitative estimate of drug-likeness (QED) is 0.837. The maximum Gasteiger partial charge on any atom is 0.329 e. The molecule has 3 rings (SSSR count). The van der Waals surface area contributed by atoms with Crippen LogP contribution in [0.25, 0.3) is 5.69 Å². The van der Waals surface area contributed by atoms with Crippen molar-refractivity contribution in [3.63, 3.8) is 0 Å². The monoisotopic (exact) mass is 341 g/mol. The zero-order valence-electron chi connectivity index (χ0n) is 14.4.